The smallest absolute Gasteiger partial charge is 0.223 e. The summed E-state index contributed by atoms with van der Waals surface area (Å²) in [5.41, 5.74) is 5.66. The number of hydrogen-bond acceptors (Lipinski definition) is 7. The molecule has 0 aliphatic carbocycles. The zero-order chi connectivity index (χ0) is 12.8. The molecule has 18 heavy (non-hydrogen) atoms. The Labute approximate surface area is 110 Å². The van der Waals surface area contributed by atoms with Crippen LogP contribution in [0.3, 0.4) is 0 Å². The van der Waals surface area contributed by atoms with E-state index < -0.39 is 0 Å². The Morgan fingerprint density at radius 2 is 2.06 bits per heavy atom. The Hall–Kier alpha value is -1.89. The summed E-state index contributed by atoms with van der Waals surface area (Å²) < 4.78 is 0. The number of nitrogens with zero attached hydrogens (tertiary/aromatic N) is 3. The quantitative estimate of drug-likeness (QED) is 0.739. The number of anilines is 3. The van der Waals surface area contributed by atoms with Crippen molar-refractivity contribution in [2.75, 3.05) is 22.9 Å². The molecule has 0 fully saturated rings. The van der Waals surface area contributed by atoms with Crippen LogP contribution in [0.2, 0.25) is 0 Å². The van der Waals surface area contributed by atoms with E-state index >= 15 is 0 Å². The van der Waals surface area contributed by atoms with Crippen LogP contribution < -0.4 is 16.4 Å². The monoisotopic (exact) mass is 264 g/mol. The number of thiazole rings is 1. The fourth-order valence-corrected chi connectivity index (χ4v) is 1.96. The first-order valence-electron chi connectivity index (χ1n) is 5.78. The van der Waals surface area contributed by atoms with Crippen molar-refractivity contribution in [3.05, 3.63) is 22.7 Å². The molecule has 6 nitrogen and oxygen atoms in total. The normalized spacial score (nSPS) is 10.3. The van der Waals surface area contributed by atoms with Crippen LogP contribution in [-0.4, -0.2) is 21.5 Å². The van der Waals surface area contributed by atoms with Gasteiger partial charge in [0.25, 0.3) is 0 Å². The summed E-state index contributed by atoms with van der Waals surface area (Å²) in [4.78, 5) is 12.4. The molecule has 0 saturated carbocycles. The third-order valence-corrected chi connectivity index (χ3v) is 2.98. The highest BCUT2D eigenvalue weighted by Gasteiger charge is 2.02. The standard InChI is InChI=1S/C11H16N6S/c1-2-3-13-8-6-9(17-11(12)16-8)15-7-10-14-4-5-18-10/h4-6H,2-3,7H2,1H3,(H4,12,13,15,16,17). The van der Waals surface area contributed by atoms with E-state index in [1.807, 2.05) is 11.4 Å². The molecule has 2 rings (SSSR count). The van der Waals surface area contributed by atoms with E-state index in [4.69, 9.17) is 5.73 Å². The SMILES string of the molecule is CCCNc1cc(NCc2nccs2)nc(N)n1. The molecule has 0 aliphatic heterocycles. The molecule has 96 valence electrons. The second kappa shape index (κ2) is 6.15. The zero-order valence-electron chi connectivity index (χ0n) is 10.2. The van der Waals surface area contributed by atoms with Gasteiger partial charge in [0, 0.05) is 24.2 Å². The van der Waals surface area contributed by atoms with E-state index in [-0.39, 0.29) is 5.95 Å². The van der Waals surface area contributed by atoms with Crippen molar-refractivity contribution in [2.45, 2.75) is 19.9 Å². The van der Waals surface area contributed by atoms with Gasteiger partial charge < -0.3 is 16.4 Å². The van der Waals surface area contributed by atoms with Crippen molar-refractivity contribution in [3.63, 3.8) is 0 Å². The van der Waals surface area contributed by atoms with Gasteiger partial charge in [0.2, 0.25) is 5.95 Å². The molecule has 7 heteroatoms. The minimum absolute atomic E-state index is 0.262. The Kier molecular flexibility index (Phi) is 4.30. The lowest BCUT2D eigenvalue weighted by molar-refractivity contribution is 0.965. The average Bonchev–Trinajstić information content (AvgIpc) is 2.86. The van der Waals surface area contributed by atoms with E-state index in [1.165, 1.54) is 0 Å². The number of aromatic nitrogens is 3. The molecule has 0 aliphatic rings. The molecule has 0 amide bonds. The topological polar surface area (TPSA) is 88.8 Å². The van der Waals surface area contributed by atoms with Crippen molar-refractivity contribution in [3.8, 4) is 0 Å². The molecule has 4 N–H and O–H groups in total. The van der Waals surface area contributed by atoms with Crippen LogP contribution in [-0.2, 0) is 6.54 Å². The molecular weight excluding hydrogens is 248 g/mol. The molecule has 0 bridgehead atoms. The van der Waals surface area contributed by atoms with E-state index in [0.29, 0.717) is 12.4 Å². The minimum atomic E-state index is 0.262. The van der Waals surface area contributed by atoms with Crippen molar-refractivity contribution in [1.82, 2.24) is 15.0 Å². The van der Waals surface area contributed by atoms with Crippen molar-refractivity contribution in [2.24, 2.45) is 0 Å². The predicted octanol–water partition coefficient (Wildman–Crippen LogP) is 1.95. The van der Waals surface area contributed by atoms with Crippen LogP contribution >= 0.6 is 11.3 Å². The lowest BCUT2D eigenvalue weighted by Gasteiger charge is -2.08. The van der Waals surface area contributed by atoms with Gasteiger partial charge in [-0.05, 0) is 6.42 Å². The van der Waals surface area contributed by atoms with Gasteiger partial charge in [0.15, 0.2) is 0 Å². The molecule has 0 radical (unpaired) electrons. The van der Waals surface area contributed by atoms with E-state index in [2.05, 4.69) is 32.5 Å². The average molecular weight is 264 g/mol. The molecule has 0 aromatic carbocycles. The van der Waals surface area contributed by atoms with E-state index in [9.17, 15) is 0 Å². The number of rotatable bonds is 6. The second-order valence-electron chi connectivity index (χ2n) is 3.70. The van der Waals surface area contributed by atoms with Gasteiger partial charge in [-0.15, -0.1) is 11.3 Å². The van der Waals surface area contributed by atoms with Gasteiger partial charge >= 0.3 is 0 Å². The third kappa shape index (κ3) is 3.56. The molecule has 2 aromatic heterocycles. The number of hydrogen-bond donors (Lipinski definition) is 3. The summed E-state index contributed by atoms with van der Waals surface area (Å²) in [6.45, 7) is 3.60. The lowest BCUT2D eigenvalue weighted by Crippen LogP contribution is -2.08. The third-order valence-electron chi connectivity index (χ3n) is 2.20. The Morgan fingerprint density at radius 1 is 1.28 bits per heavy atom. The zero-order valence-corrected chi connectivity index (χ0v) is 11.0. The van der Waals surface area contributed by atoms with Crippen molar-refractivity contribution < 1.29 is 0 Å². The van der Waals surface area contributed by atoms with Gasteiger partial charge in [-0.1, -0.05) is 6.92 Å². The first-order valence-corrected chi connectivity index (χ1v) is 6.66. The maximum absolute atomic E-state index is 5.66. The molecule has 0 unspecified atom stereocenters. The van der Waals surface area contributed by atoms with Crippen LogP contribution in [0.1, 0.15) is 18.4 Å². The molecule has 0 saturated heterocycles. The van der Waals surface area contributed by atoms with Gasteiger partial charge in [0.1, 0.15) is 16.6 Å². The number of nitrogens with one attached hydrogen (secondary N) is 2. The largest absolute Gasteiger partial charge is 0.370 e. The summed E-state index contributed by atoms with van der Waals surface area (Å²) in [6.07, 6.45) is 2.82. The van der Waals surface area contributed by atoms with Gasteiger partial charge in [-0.2, -0.15) is 9.97 Å². The fourth-order valence-electron chi connectivity index (χ4n) is 1.41. The molecular formula is C11H16N6S. The van der Waals surface area contributed by atoms with E-state index in [0.717, 1.165) is 23.8 Å². The van der Waals surface area contributed by atoms with Crippen LogP contribution in [0, 0.1) is 0 Å². The first kappa shape index (κ1) is 12.6. The Balaban J connectivity index is 2.00. The molecule has 2 heterocycles. The Morgan fingerprint density at radius 3 is 2.72 bits per heavy atom. The number of nitrogen functional groups attached to an aromatic ring is 1. The highest BCUT2D eigenvalue weighted by Crippen LogP contribution is 2.14. The summed E-state index contributed by atoms with van der Waals surface area (Å²) in [5.74, 6) is 1.71. The Bertz CT molecular complexity index is 484. The highest BCUT2D eigenvalue weighted by atomic mass is 32.1. The molecule has 0 spiro atoms. The summed E-state index contributed by atoms with van der Waals surface area (Å²) in [6, 6.07) is 1.85. The van der Waals surface area contributed by atoms with Crippen molar-refractivity contribution in [1.29, 1.82) is 0 Å². The van der Waals surface area contributed by atoms with Crippen LogP contribution in [0.25, 0.3) is 0 Å². The van der Waals surface area contributed by atoms with Crippen LogP contribution in [0.15, 0.2) is 17.6 Å². The summed E-state index contributed by atoms with van der Waals surface area (Å²) >= 11 is 1.60. The molecule has 2 aromatic rings. The summed E-state index contributed by atoms with van der Waals surface area (Å²) in [7, 11) is 0. The van der Waals surface area contributed by atoms with Gasteiger partial charge in [-0.25, -0.2) is 4.98 Å². The second-order valence-corrected chi connectivity index (χ2v) is 4.68. The summed E-state index contributed by atoms with van der Waals surface area (Å²) in [5, 5.41) is 9.32. The van der Waals surface area contributed by atoms with Crippen LogP contribution in [0.4, 0.5) is 17.6 Å². The maximum Gasteiger partial charge on any atom is 0.223 e. The lowest BCUT2D eigenvalue weighted by atomic mass is 10.4. The highest BCUT2D eigenvalue weighted by molar-refractivity contribution is 7.09. The fraction of sp³-hybridized carbons (Fsp3) is 0.364. The maximum atomic E-state index is 5.66. The van der Waals surface area contributed by atoms with Gasteiger partial charge in [0.05, 0.1) is 6.54 Å². The van der Waals surface area contributed by atoms with E-state index in [1.54, 1.807) is 17.5 Å². The number of nitrogens with two attached hydrogens (primary N) is 1. The minimum Gasteiger partial charge on any atom is -0.370 e. The predicted molar refractivity (Wildman–Crippen MR) is 74.7 cm³/mol. The van der Waals surface area contributed by atoms with Crippen LogP contribution in [0.5, 0.6) is 0 Å². The van der Waals surface area contributed by atoms with Gasteiger partial charge in [-0.3, -0.25) is 0 Å². The first-order chi connectivity index (χ1) is 8.78. The molecule has 0 atom stereocenters. The van der Waals surface area contributed by atoms with Crippen molar-refractivity contribution >= 4 is 28.9 Å².